The maximum atomic E-state index is 5.74. The van der Waals surface area contributed by atoms with Crippen molar-refractivity contribution in [2.75, 3.05) is 0 Å². The van der Waals surface area contributed by atoms with Crippen LogP contribution in [0.15, 0.2) is 32.0 Å². The van der Waals surface area contributed by atoms with E-state index in [4.69, 9.17) is 4.42 Å². The second-order valence-corrected chi connectivity index (χ2v) is 5.42. The van der Waals surface area contributed by atoms with E-state index in [1.54, 1.807) is 0 Å². The monoisotopic (exact) mass is 284 g/mol. The first-order chi connectivity index (χ1) is 7.08. The lowest BCUT2D eigenvalue weighted by Crippen LogP contribution is -1.90. The summed E-state index contributed by atoms with van der Waals surface area (Å²) in [7, 11) is 0. The number of halogens is 1. The van der Waals surface area contributed by atoms with Crippen molar-refractivity contribution < 1.29 is 4.42 Å². The van der Waals surface area contributed by atoms with Gasteiger partial charge in [-0.2, -0.15) is 0 Å². The molecule has 1 heterocycles. The molecule has 80 valence electrons. The highest BCUT2D eigenvalue weighted by Crippen LogP contribution is 2.32. The minimum atomic E-state index is 0.609. The Balaban J connectivity index is 2.51. The van der Waals surface area contributed by atoms with Crippen LogP contribution >= 0.6 is 28.6 Å². The summed E-state index contributed by atoms with van der Waals surface area (Å²) >= 11 is 7.92. The molecule has 0 unspecified atom stereocenters. The molecule has 0 saturated carbocycles. The number of hydrogen-bond acceptors (Lipinski definition) is 2. The summed E-state index contributed by atoms with van der Waals surface area (Å²) in [5, 5.41) is 1.09. The Labute approximate surface area is 103 Å². The normalized spacial score (nSPS) is 11.5. The molecule has 3 heteroatoms. The summed E-state index contributed by atoms with van der Waals surface area (Å²) in [6.45, 7) is 4.37. The lowest BCUT2D eigenvalue weighted by molar-refractivity contribution is 0.500. The van der Waals surface area contributed by atoms with Crippen LogP contribution in [0.1, 0.15) is 19.6 Å². The Morgan fingerprint density at radius 1 is 1.40 bits per heavy atom. The van der Waals surface area contributed by atoms with Gasteiger partial charge in [0, 0.05) is 21.2 Å². The van der Waals surface area contributed by atoms with Gasteiger partial charge in [-0.3, -0.25) is 0 Å². The van der Waals surface area contributed by atoms with Gasteiger partial charge in [0.05, 0.1) is 0 Å². The summed E-state index contributed by atoms with van der Waals surface area (Å²) in [5.74, 6) is 1.64. The van der Waals surface area contributed by atoms with Crippen LogP contribution in [0.5, 0.6) is 0 Å². The summed E-state index contributed by atoms with van der Waals surface area (Å²) in [6.07, 6.45) is 0.972. The zero-order chi connectivity index (χ0) is 11.0. The summed E-state index contributed by atoms with van der Waals surface area (Å²) in [5.41, 5.74) is 0.916. The van der Waals surface area contributed by atoms with Gasteiger partial charge in [0.2, 0.25) is 0 Å². The first-order valence-electron chi connectivity index (χ1n) is 4.98. The minimum Gasteiger partial charge on any atom is -0.461 e. The van der Waals surface area contributed by atoms with Gasteiger partial charge in [0.25, 0.3) is 0 Å². The summed E-state index contributed by atoms with van der Waals surface area (Å²) in [4.78, 5) is 0.950. The number of hydrogen-bond donors (Lipinski definition) is 1. The van der Waals surface area contributed by atoms with Gasteiger partial charge in [-0.15, -0.1) is 12.6 Å². The smallest absolute Gasteiger partial charge is 0.135 e. The van der Waals surface area contributed by atoms with Crippen molar-refractivity contribution in [2.24, 2.45) is 5.92 Å². The van der Waals surface area contributed by atoms with Crippen molar-refractivity contribution in [3.63, 3.8) is 0 Å². The van der Waals surface area contributed by atoms with E-state index in [0.29, 0.717) is 5.92 Å². The lowest BCUT2D eigenvalue weighted by atomic mass is 10.1. The fourth-order valence-corrected chi connectivity index (χ4v) is 2.22. The molecule has 0 N–H and O–H groups in total. The molecule has 0 fully saturated rings. The zero-order valence-electron chi connectivity index (χ0n) is 8.75. The molecule has 0 aliphatic rings. The highest BCUT2D eigenvalue weighted by Gasteiger charge is 2.09. The summed E-state index contributed by atoms with van der Waals surface area (Å²) in [6, 6.07) is 6.03. The largest absolute Gasteiger partial charge is 0.461 e. The van der Waals surface area contributed by atoms with Crippen LogP contribution in [-0.2, 0) is 6.42 Å². The van der Waals surface area contributed by atoms with Crippen LogP contribution in [-0.4, -0.2) is 0 Å². The maximum absolute atomic E-state index is 5.74. The van der Waals surface area contributed by atoms with E-state index in [0.717, 1.165) is 32.5 Å². The van der Waals surface area contributed by atoms with E-state index in [1.165, 1.54) is 0 Å². The molecule has 1 aromatic carbocycles. The first-order valence-corrected chi connectivity index (χ1v) is 6.22. The van der Waals surface area contributed by atoms with E-state index in [9.17, 15) is 0 Å². The zero-order valence-corrected chi connectivity index (χ0v) is 11.2. The molecule has 0 aliphatic carbocycles. The van der Waals surface area contributed by atoms with Gasteiger partial charge < -0.3 is 4.42 Å². The third-order valence-corrected chi connectivity index (χ3v) is 3.73. The molecular weight excluding hydrogens is 272 g/mol. The molecular formula is C12H13BrOS. The van der Waals surface area contributed by atoms with E-state index in [1.807, 2.05) is 12.1 Å². The quantitative estimate of drug-likeness (QED) is 0.790. The Morgan fingerprint density at radius 2 is 2.13 bits per heavy atom. The molecule has 15 heavy (non-hydrogen) atoms. The Kier molecular flexibility index (Phi) is 3.12. The highest BCUT2D eigenvalue weighted by atomic mass is 79.9. The predicted molar refractivity (Wildman–Crippen MR) is 69.7 cm³/mol. The van der Waals surface area contributed by atoms with Crippen LogP contribution in [0.3, 0.4) is 0 Å². The minimum absolute atomic E-state index is 0.609. The van der Waals surface area contributed by atoms with Crippen molar-refractivity contribution in [3.8, 4) is 0 Å². The van der Waals surface area contributed by atoms with Crippen molar-refractivity contribution in [1.29, 1.82) is 0 Å². The standard InChI is InChI=1S/C12H13BrOS/c1-7(2)5-8-6-9-11(14-8)4-3-10(13)12(9)15/h3-4,6-7,15H,5H2,1-2H3. The van der Waals surface area contributed by atoms with Crippen LogP contribution in [0.25, 0.3) is 11.0 Å². The number of fused-ring (bicyclic) bond motifs is 1. The van der Waals surface area contributed by atoms with Gasteiger partial charge in [-0.1, -0.05) is 13.8 Å². The Bertz CT molecular complexity index is 488. The molecule has 1 nitrogen and oxygen atoms in total. The lowest BCUT2D eigenvalue weighted by Gasteiger charge is -1.98. The third kappa shape index (κ3) is 2.23. The van der Waals surface area contributed by atoms with Gasteiger partial charge in [-0.25, -0.2) is 0 Å². The molecule has 0 atom stereocenters. The predicted octanol–water partition coefficient (Wildman–Crippen LogP) is 4.68. The van der Waals surface area contributed by atoms with Crippen LogP contribution in [0.4, 0.5) is 0 Å². The first kappa shape index (κ1) is 11.1. The number of rotatable bonds is 2. The average molecular weight is 285 g/mol. The third-order valence-electron chi connectivity index (χ3n) is 2.28. The molecule has 0 saturated heterocycles. The van der Waals surface area contributed by atoms with E-state index in [-0.39, 0.29) is 0 Å². The van der Waals surface area contributed by atoms with E-state index >= 15 is 0 Å². The number of thiol groups is 1. The van der Waals surface area contributed by atoms with Crippen LogP contribution in [0, 0.1) is 5.92 Å². The van der Waals surface area contributed by atoms with Crippen LogP contribution in [0.2, 0.25) is 0 Å². The van der Waals surface area contributed by atoms with Gasteiger partial charge in [0.15, 0.2) is 0 Å². The molecule has 1 aromatic heterocycles. The molecule has 0 spiro atoms. The highest BCUT2D eigenvalue weighted by molar-refractivity contribution is 9.10. The molecule has 2 rings (SSSR count). The van der Waals surface area contributed by atoms with Gasteiger partial charge >= 0.3 is 0 Å². The molecule has 2 aromatic rings. The molecule has 0 radical (unpaired) electrons. The number of benzene rings is 1. The van der Waals surface area contributed by atoms with Gasteiger partial charge in [-0.05, 0) is 40.0 Å². The molecule has 0 amide bonds. The average Bonchev–Trinajstić information content (AvgIpc) is 2.54. The Morgan fingerprint density at radius 3 is 2.80 bits per heavy atom. The summed E-state index contributed by atoms with van der Waals surface area (Å²) < 4.78 is 6.75. The Hall–Kier alpha value is -0.410. The fourth-order valence-electron chi connectivity index (χ4n) is 1.63. The molecule has 0 aliphatic heterocycles. The number of furan rings is 1. The van der Waals surface area contributed by atoms with Gasteiger partial charge in [0.1, 0.15) is 11.3 Å². The maximum Gasteiger partial charge on any atom is 0.135 e. The van der Waals surface area contributed by atoms with Crippen molar-refractivity contribution in [1.82, 2.24) is 0 Å². The van der Waals surface area contributed by atoms with Crippen molar-refractivity contribution >= 4 is 39.5 Å². The second-order valence-electron chi connectivity index (χ2n) is 4.12. The molecule has 0 bridgehead atoms. The topological polar surface area (TPSA) is 13.1 Å². The van der Waals surface area contributed by atoms with Crippen LogP contribution < -0.4 is 0 Å². The van der Waals surface area contributed by atoms with E-state index in [2.05, 4.69) is 48.5 Å². The van der Waals surface area contributed by atoms with Crippen molar-refractivity contribution in [3.05, 3.63) is 28.4 Å². The van der Waals surface area contributed by atoms with E-state index < -0.39 is 0 Å². The van der Waals surface area contributed by atoms with Crippen molar-refractivity contribution in [2.45, 2.75) is 25.2 Å². The second kappa shape index (κ2) is 4.22. The fraction of sp³-hybridized carbons (Fsp3) is 0.333. The SMILES string of the molecule is CC(C)Cc1cc2c(S)c(Br)ccc2o1.